The summed E-state index contributed by atoms with van der Waals surface area (Å²) in [6.45, 7) is 6.54. The Morgan fingerprint density at radius 3 is 2.23 bits per heavy atom. The van der Waals surface area contributed by atoms with Gasteiger partial charge in [0.1, 0.15) is 5.00 Å². The van der Waals surface area contributed by atoms with Gasteiger partial charge in [-0.1, -0.05) is 30.3 Å². The zero-order chi connectivity index (χ0) is 33.0. The molecule has 3 aliphatic rings. The number of sulfonamides is 1. The van der Waals surface area contributed by atoms with Crippen LogP contribution < -0.4 is 5.32 Å². The number of carbonyl (C=O) groups is 3. The summed E-state index contributed by atoms with van der Waals surface area (Å²) in [7, 11) is -3.82. The summed E-state index contributed by atoms with van der Waals surface area (Å²) in [6, 6.07) is 16.2. The molecule has 0 saturated carbocycles. The topological polar surface area (TPSA) is 120 Å². The molecule has 3 amide bonds. The number of hydrogen-bond donors (Lipinski definition) is 1. The molecule has 1 N–H and O–H groups in total. The van der Waals surface area contributed by atoms with E-state index in [4.69, 9.17) is 4.74 Å². The normalized spacial score (nSPS) is 17.6. The minimum absolute atomic E-state index is 0.0292. The van der Waals surface area contributed by atoms with E-state index in [0.717, 1.165) is 49.2 Å². The fourth-order valence-corrected chi connectivity index (χ4v) is 9.13. The van der Waals surface area contributed by atoms with Gasteiger partial charge in [-0.05, 0) is 68.0 Å². The highest BCUT2D eigenvalue weighted by molar-refractivity contribution is 7.89. The summed E-state index contributed by atoms with van der Waals surface area (Å²) >= 11 is 1.46. The van der Waals surface area contributed by atoms with Gasteiger partial charge < -0.3 is 19.9 Å². The molecule has 0 bridgehead atoms. The SMILES string of the molecule is CCOC(=O)N1CCN(S(=O)(=O)c2ccc(C(=O)Nc3sc4c(c3C(=O)N3CCCCC3)CCN(Cc3ccccc3)C4)cc2)CC1. The molecule has 2 aromatic carbocycles. The van der Waals surface area contributed by atoms with Crippen LogP contribution in [0.15, 0.2) is 59.5 Å². The van der Waals surface area contributed by atoms with E-state index >= 15 is 0 Å². The van der Waals surface area contributed by atoms with E-state index in [1.165, 1.54) is 50.4 Å². The van der Waals surface area contributed by atoms with Gasteiger partial charge in [-0.15, -0.1) is 11.3 Å². The van der Waals surface area contributed by atoms with Gasteiger partial charge in [-0.2, -0.15) is 4.31 Å². The van der Waals surface area contributed by atoms with E-state index < -0.39 is 22.0 Å². The fourth-order valence-electron chi connectivity index (χ4n) is 6.43. The van der Waals surface area contributed by atoms with Gasteiger partial charge in [0.15, 0.2) is 0 Å². The van der Waals surface area contributed by atoms with E-state index in [1.54, 1.807) is 6.92 Å². The van der Waals surface area contributed by atoms with Crippen molar-refractivity contribution in [3.05, 3.63) is 81.7 Å². The molecule has 6 rings (SSSR count). The van der Waals surface area contributed by atoms with Crippen molar-refractivity contribution in [1.29, 1.82) is 0 Å². The van der Waals surface area contributed by atoms with Crippen molar-refractivity contribution in [2.45, 2.75) is 50.6 Å². The number of thiophene rings is 1. The van der Waals surface area contributed by atoms with Crippen LogP contribution in [0.25, 0.3) is 0 Å². The van der Waals surface area contributed by atoms with E-state index in [0.29, 0.717) is 35.8 Å². The lowest BCUT2D eigenvalue weighted by Gasteiger charge is -2.33. The minimum Gasteiger partial charge on any atom is -0.450 e. The standard InChI is InChI=1S/C34H41N5O6S2/c1-2-45-34(42)38-19-21-39(22-20-38)47(43,44)27-13-11-26(12-14-27)31(40)35-32-30(33(41)37-16-7-4-8-17-37)28-15-18-36(24-29(28)46-32)23-25-9-5-3-6-10-25/h3,5-6,9-14H,2,4,7-8,15-24H2,1H3,(H,35,40). The summed E-state index contributed by atoms with van der Waals surface area (Å²) in [5, 5.41) is 3.57. The van der Waals surface area contributed by atoms with Crippen LogP contribution in [0, 0.1) is 0 Å². The predicted octanol–water partition coefficient (Wildman–Crippen LogP) is 4.65. The Hall–Kier alpha value is -3.78. The Kier molecular flexibility index (Phi) is 10.3. The number of piperidine rings is 1. The van der Waals surface area contributed by atoms with Crippen molar-refractivity contribution in [2.75, 3.05) is 57.7 Å². The maximum absolute atomic E-state index is 13.9. The van der Waals surface area contributed by atoms with E-state index in [-0.39, 0.29) is 43.6 Å². The molecular weight excluding hydrogens is 639 g/mol. The molecule has 3 aliphatic heterocycles. The Morgan fingerprint density at radius 2 is 1.55 bits per heavy atom. The Balaban J connectivity index is 1.18. The zero-order valence-electron chi connectivity index (χ0n) is 26.7. The molecule has 0 radical (unpaired) electrons. The van der Waals surface area contributed by atoms with Gasteiger partial charge in [0.25, 0.3) is 11.8 Å². The molecule has 0 atom stereocenters. The Bertz CT molecular complexity index is 1700. The summed E-state index contributed by atoms with van der Waals surface area (Å²) < 4.78 is 33.0. The van der Waals surface area contributed by atoms with Gasteiger partial charge >= 0.3 is 6.09 Å². The van der Waals surface area contributed by atoms with Crippen molar-refractivity contribution < 1.29 is 27.5 Å². The molecule has 0 unspecified atom stereocenters. The van der Waals surface area contributed by atoms with Crippen LogP contribution >= 0.6 is 11.3 Å². The lowest BCUT2D eigenvalue weighted by molar-refractivity contribution is 0.0723. The molecule has 2 fully saturated rings. The summed E-state index contributed by atoms with van der Waals surface area (Å²) in [5.74, 6) is -0.428. The van der Waals surface area contributed by atoms with Gasteiger partial charge in [0, 0.05) is 69.3 Å². The third kappa shape index (κ3) is 7.38. The van der Waals surface area contributed by atoms with Crippen LogP contribution in [0.4, 0.5) is 9.80 Å². The molecular formula is C34H41N5O6S2. The molecule has 2 saturated heterocycles. The number of nitrogens with zero attached hydrogens (tertiary/aromatic N) is 4. The molecule has 11 nitrogen and oxygen atoms in total. The van der Waals surface area contributed by atoms with Crippen LogP contribution in [0.5, 0.6) is 0 Å². The Labute approximate surface area is 280 Å². The molecule has 47 heavy (non-hydrogen) atoms. The number of nitrogens with one attached hydrogen (secondary N) is 1. The van der Waals surface area contributed by atoms with E-state index in [9.17, 15) is 22.8 Å². The van der Waals surface area contributed by atoms with Crippen molar-refractivity contribution in [3.8, 4) is 0 Å². The summed E-state index contributed by atoms with van der Waals surface area (Å²) in [4.78, 5) is 46.4. The smallest absolute Gasteiger partial charge is 0.409 e. The zero-order valence-corrected chi connectivity index (χ0v) is 28.3. The second-order valence-corrected chi connectivity index (χ2v) is 15.1. The van der Waals surface area contributed by atoms with Gasteiger partial charge in [-0.25, -0.2) is 13.2 Å². The quantitative estimate of drug-likeness (QED) is 0.368. The van der Waals surface area contributed by atoms with Crippen LogP contribution in [0.1, 0.15) is 62.9 Å². The van der Waals surface area contributed by atoms with E-state index in [2.05, 4.69) is 22.3 Å². The van der Waals surface area contributed by atoms with Gasteiger partial charge in [0.2, 0.25) is 10.0 Å². The number of hydrogen-bond acceptors (Lipinski definition) is 8. The maximum Gasteiger partial charge on any atom is 0.409 e. The van der Waals surface area contributed by atoms with Crippen molar-refractivity contribution in [3.63, 3.8) is 0 Å². The molecule has 0 aliphatic carbocycles. The average molecular weight is 680 g/mol. The van der Waals surface area contributed by atoms with Gasteiger partial charge in [-0.3, -0.25) is 14.5 Å². The number of fused-ring (bicyclic) bond motifs is 1. The molecule has 0 spiro atoms. The number of likely N-dealkylation sites (tertiary alicyclic amines) is 1. The predicted molar refractivity (Wildman–Crippen MR) is 180 cm³/mol. The number of rotatable bonds is 8. The van der Waals surface area contributed by atoms with Crippen molar-refractivity contribution in [1.82, 2.24) is 19.0 Å². The molecule has 4 heterocycles. The minimum atomic E-state index is -3.82. The maximum atomic E-state index is 13.9. The summed E-state index contributed by atoms with van der Waals surface area (Å²) in [5.41, 5.74) is 3.15. The molecule has 250 valence electrons. The first-order valence-electron chi connectivity index (χ1n) is 16.3. The van der Waals surface area contributed by atoms with Gasteiger partial charge in [0.05, 0.1) is 17.1 Å². The first kappa shape index (κ1) is 33.1. The second kappa shape index (κ2) is 14.5. The van der Waals surface area contributed by atoms with Crippen molar-refractivity contribution in [2.24, 2.45) is 0 Å². The number of anilines is 1. The molecule has 1 aromatic heterocycles. The van der Waals surface area contributed by atoms with Crippen LogP contribution in [0.3, 0.4) is 0 Å². The van der Waals surface area contributed by atoms with E-state index in [1.807, 2.05) is 23.1 Å². The van der Waals surface area contributed by atoms with Crippen molar-refractivity contribution >= 4 is 44.3 Å². The Morgan fingerprint density at radius 1 is 0.851 bits per heavy atom. The first-order valence-corrected chi connectivity index (χ1v) is 18.5. The number of ether oxygens (including phenoxy) is 1. The summed E-state index contributed by atoms with van der Waals surface area (Å²) in [6.07, 6.45) is 3.34. The third-order valence-corrected chi connectivity index (χ3v) is 12.0. The average Bonchev–Trinajstić information content (AvgIpc) is 3.45. The van der Waals surface area contributed by atoms with Crippen LogP contribution in [0.2, 0.25) is 0 Å². The van der Waals surface area contributed by atoms with Crippen LogP contribution in [-0.2, 0) is 34.3 Å². The highest BCUT2D eigenvalue weighted by Gasteiger charge is 2.33. The molecule has 13 heteroatoms. The lowest BCUT2D eigenvalue weighted by Crippen LogP contribution is -2.50. The highest BCUT2D eigenvalue weighted by atomic mass is 32.2. The number of benzene rings is 2. The monoisotopic (exact) mass is 679 g/mol. The number of piperazine rings is 1. The first-order chi connectivity index (χ1) is 22.7. The molecule has 3 aromatic rings. The fraction of sp³-hybridized carbons (Fsp3) is 0.441. The second-order valence-electron chi connectivity index (χ2n) is 12.1. The highest BCUT2D eigenvalue weighted by Crippen LogP contribution is 2.39. The lowest BCUT2D eigenvalue weighted by atomic mass is 10.00. The number of amides is 3. The third-order valence-electron chi connectivity index (χ3n) is 8.99. The van der Waals surface area contributed by atoms with Crippen LogP contribution in [-0.4, -0.2) is 97.8 Å². The number of carbonyl (C=O) groups excluding carboxylic acids is 3. The largest absolute Gasteiger partial charge is 0.450 e.